The van der Waals surface area contributed by atoms with Gasteiger partial charge in [-0.25, -0.2) is 4.98 Å². The Labute approximate surface area is 99.6 Å². The van der Waals surface area contributed by atoms with E-state index in [0.717, 1.165) is 15.4 Å². The number of rotatable bonds is 2. The van der Waals surface area contributed by atoms with Gasteiger partial charge in [0.2, 0.25) is 0 Å². The number of benzene rings is 1. The molecule has 0 unspecified atom stereocenters. The molecule has 1 heterocycles. The molecule has 0 aliphatic carbocycles. The molecular weight excluding hydrogens is 218 g/mol. The van der Waals surface area contributed by atoms with Crippen LogP contribution in [-0.4, -0.2) is 10.1 Å². The maximum Gasteiger partial charge on any atom is 0.123 e. The van der Waals surface area contributed by atoms with E-state index in [1.807, 2.05) is 12.1 Å². The largest absolute Gasteiger partial charge is 0.385 e. The van der Waals surface area contributed by atoms with Gasteiger partial charge in [0.25, 0.3) is 0 Å². The zero-order valence-corrected chi connectivity index (χ0v) is 10.5. The van der Waals surface area contributed by atoms with Crippen LogP contribution in [0.3, 0.4) is 0 Å². The average molecular weight is 233 g/mol. The van der Waals surface area contributed by atoms with E-state index in [4.69, 9.17) is 0 Å². The molecule has 16 heavy (non-hydrogen) atoms. The monoisotopic (exact) mass is 233 g/mol. The van der Waals surface area contributed by atoms with E-state index in [-0.39, 0.29) is 0 Å². The molecule has 1 N–H and O–H groups in total. The van der Waals surface area contributed by atoms with Crippen molar-refractivity contribution in [2.45, 2.75) is 26.4 Å². The van der Waals surface area contributed by atoms with Gasteiger partial charge in [0.05, 0.1) is 10.5 Å². The molecule has 0 aliphatic heterocycles. The first kappa shape index (κ1) is 11.3. The van der Waals surface area contributed by atoms with Crippen LogP contribution in [0.2, 0.25) is 0 Å². The van der Waals surface area contributed by atoms with E-state index in [1.165, 1.54) is 5.56 Å². The van der Waals surface area contributed by atoms with Crippen molar-refractivity contribution in [3.8, 4) is 10.6 Å². The molecule has 0 saturated carbocycles. The van der Waals surface area contributed by atoms with E-state index in [2.05, 4.69) is 24.0 Å². The normalized spacial score (nSPS) is 11.8. The van der Waals surface area contributed by atoms with E-state index >= 15 is 0 Å². The highest BCUT2D eigenvalue weighted by Gasteiger charge is 2.19. The van der Waals surface area contributed by atoms with Crippen LogP contribution < -0.4 is 0 Å². The molecule has 0 fully saturated rings. The van der Waals surface area contributed by atoms with E-state index in [0.29, 0.717) is 0 Å². The topological polar surface area (TPSA) is 33.1 Å². The standard InChI is InChI=1S/C13H15NOS/c1-9-6-4-5-7-10(9)12-14-8-11(16-12)13(2,3)15/h4-8,15H,1-3H3. The number of aliphatic hydroxyl groups is 1. The van der Waals surface area contributed by atoms with Gasteiger partial charge in [-0.2, -0.15) is 0 Å². The number of hydrogen-bond acceptors (Lipinski definition) is 3. The van der Waals surface area contributed by atoms with Crippen LogP contribution in [0.25, 0.3) is 10.6 Å². The molecule has 84 valence electrons. The molecular formula is C13H15NOS. The minimum Gasteiger partial charge on any atom is -0.385 e. The van der Waals surface area contributed by atoms with Crippen LogP contribution in [0.1, 0.15) is 24.3 Å². The van der Waals surface area contributed by atoms with Gasteiger partial charge in [-0.1, -0.05) is 24.3 Å². The summed E-state index contributed by atoms with van der Waals surface area (Å²) < 4.78 is 0. The Bertz CT molecular complexity index is 497. The molecule has 2 aromatic rings. The summed E-state index contributed by atoms with van der Waals surface area (Å²) in [4.78, 5) is 5.27. The number of aryl methyl sites for hydroxylation is 1. The lowest BCUT2D eigenvalue weighted by molar-refractivity contribution is 0.0823. The van der Waals surface area contributed by atoms with Gasteiger partial charge in [-0.15, -0.1) is 11.3 Å². The molecule has 0 saturated heterocycles. The van der Waals surface area contributed by atoms with Crippen LogP contribution in [0, 0.1) is 6.92 Å². The lowest BCUT2D eigenvalue weighted by Gasteiger charge is -2.13. The van der Waals surface area contributed by atoms with E-state index < -0.39 is 5.60 Å². The van der Waals surface area contributed by atoms with Crippen molar-refractivity contribution in [3.05, 3.63) is 40.9 Å². The Hall–Kier alpha value is -1.19. The molecule has 0 amide bonds. The predicted molar refractivity (Wildman–Crippen MR) is 67.5 cm³/mol. The van der Waals surface area contributed by atoms with Gasteiger partial charge in [0.15, 0.2) is 0 Å². The van der Waals surface area contributed by atoms with Crippen molar-refractivity contribution < 1.29 is 5.11 Å². The van der Waals surface area contributed by atoms with Gasteiger partial charge in [-0.05, 0) is 26.3 Å². The second-order valence-corrected chi connectivity index (χ2v) is 5.43. The number of thiazole rings is 1. The molecule has 0 aliphatic rings. The van der Waals surface area contributed by atoms with Gasteiger partial charge in [0, 0.05) is 11.8 Å². The summed E-state index contributed by atoms with van der Waals surface area (Å²) >= 11 is 1.55. The third-order valence-electron chi connectivity index (χ3n) is 2.48. The smallest absolute Gasteiger partial charge is 0.123 e. The molecule has 1 aromatic heterocycles. The van der Waals surface area contributed by atoms with Gasteiger partial charge in [0.1, 0.15) is 5.01 Å². The van der Waals surface area contributed by atoms with E-state index in [1.54, 1.807) is 31.4 Å². The molecule has 1 aromatic carbocycles. The van der Waals surface area contributed by atoms with Crippen molar-refractivity contribution in [2.24, 2.45) is 0 Å². The zero-order chi connectivity index (χ0) is 11.8. The lowest BCUT2D eigenvalue weighted by Crippen LogP contribution is -2.12. The number of aromatic nitrogens is 1. The van der Waals surface area contributed by atoms with Crippen molar-refractivity contribution in [1.29, 1.82) is 0 Å². The summed E-state index contributed by atoms with van der Waals surface area (Å²) in [5.41, 5.74) is 1.54. The average Bonchev–Trinajstić information content (AvgIpc) is 2.66. The Morgan fingerprint density at radius 2 is 1.94 bits per heavy atom. The Balaban J connectivity index is 2.44. The number of hydrogen-bond donors (Lipinski definition) is 1. The third-order valence-corrected chi connectivity index (χ3v) is 3.83. The Morgan fingerprint density at radius 3 is 2.50 bits per heavy atom. The van der Waals surface area contributed by atoms with Crippen molar-refractivity contribution in [3.63, 3.8) is 0 Å². The predicted octanol–water partition coefficient (Wildman–Crippen LogP) is 3.35. The highest BCUT2D eigenvalue weighted by molar-refractivity contribution is 7.15. The lowest BCUT2D eigenvalue weighted by atomic mass is 10.1. The third kappa shape index (κ3) is 2.15. The quantitative estimate of drug-likeness (QED) is 0.863. The molecule has 0 radical (unpaired) electrons. The first-order chi connectivity index (χ1) is 7.48. The Morgan fingerprint density at radius 1 is 1.25 bits per heavy atom. The molecule has 0 bridgehead atoms. The minimum absolute atomic E-state index is 0.807. The van der Waals surface area contributed by atoms with Crippen LogP contribution in [0.15, 0.2) is 30.5 Å². The van der Waals surface area contributed by atoms with Crippen molar-refractivity contribution in [2.75, 3.05) is 0 Å². The second-order valence-electron chi connectivity index (χ2n) is 4.40. The van der Waals surface area contributed by atoms with Crippen molar-refractivity contribution >= 4 is 11.3 Å². The molecule has 2 rings (SSSR count). The maximum atomic E-state index is 9.89. The fraction of sp³-hybridized carbons (Fsp3) is 0.308. The van der Waals surface area contributed by atoms with Crippen LogP contribution in [0.4, 0.5) is 0 Å². The fourth-order valence-electron chi connectivity index (χ4n) is 1.49. The molecule has 0 atom stereocenters. The fourth-order valence-corrected chi connectivity index (χ4v) is 2.50. The molecule has 3 heteroatoms. The zero-order valence-electron chi connectivity index (χ0n) is 9.69. The second kappa shape index (κ2) is 4.00. The van der Waals surface area contributed by atoms with Gasteiger partial charge >= 0.3 is 0 Å². The first-order valence-corrected chi connectivity index (χ1v) is 6.05. The highest BCUT2D eigenvalue weighted by Crippen LogP contribution is 2.32. The molecule has 0 spiro atoms. The van der Waals surface area contributed by atoms with E-state index in [9.17, 15) is 5.11 Å². The summed E-state index contributed by atoms with van der Waals surface area (Å²) in [6, 6.07) is 8.15. The summed E-state index contributed by atoms with van der Waals surface area (Å²) in [5, 5.41) is 10.9. The van der Waals surface area contributed by atoms with Gasteiger partial charge in [-0.3, -0.25) is 0 Å². The van der Waals surface area contributed by atoms with Crippen LogP contribution in [0.5, 0.6) is 0 Å². The molecule has 2 nitrogen and oxygen atoms in total. The number of nitrogens with zero attached hydrogens (tertiary/aromatic N) is 1. The minimum atomic E-state index is -0.807. The van der Waals surface area contributed by atoms with Gasteiger partial charge < -0.3 is 5.11 Å². The summed E-state index contributed by atoms with van der Waals surface area (Å²) in [6.45, 7) is 5.63. The summed E-state index contributed by atoms with van der Waals surface area (Å²) in [6.07, 6.45) is 1.76. The highest BCUT2D eigenvalue weighted by atomic mass is 32.1. The Kier molecular flexibility index (Phi) is 2.82. The van der Waals surface area contributed by atoms with Crippen LogP contribution >= 0.6 is 11.3 Å². The van der Waals surface area contributed by atoms with Crippen LogP contribution in [-0.2, 0) is 5.60 Å². The maximum absolute atomic E-state index is 9.89. The van der Waals surface area contributed by atoms with Crippen molar-refractivity contribution in [1.82, 2.24) is 4.98 Å². The summed E-state index contributed by atoms with van der Waals surface area (Å²) in [5.74, 6) is 0. The first-order valence-electron chi connectivity index (χ1n) is 5.23. The summed E-state index contributed by atoms with van der Waals surface area (Å²) in [7, 11) is 0. The SMILES string of the molecule is Cc1ccccc1-c1ncc(C(C)(C)O)s1.